The van der Waals surface area contributed by atoms with Crippen molar-refractivity contribution in [2.24, 2.45) is 0 Å². The van der Waals surface area contributed by atoms with Gasteiger partial charge in [0.2, 0.25) is 5.95 Å². The number of nitrogens with one attached hydrogen (secondary N) is 1. The summed E-state index contributed by atoms with van der Waals surface area (Å²) in [6.07, 6.45) is 9.12. The van der Waals surface area contributed by atoms with Gasteiger partial charge in [-0.05, 0) is 31.0 Å². The first-order valence-electron chi connectivity index (χ1n) is 8.99. The van der Waals surface area contributed by atoms with Gasteiger partial charge in [0.25, 0.3) is 0 Å². The van der Waals surface area contributed by atoms with Gasteiger partial charge >= 0.3 is 0 Å². The number of aromatic nitrogens is 4. The number of rotatable bonds is 5. The van der Waals surface area contributed by atoms with Crippen LogP contribution in [0.15, 0.2) is 61.2 Å². The molecule has 6 heteroatoms. The van der Waals surface area contributed by atoms with Gasteiger partial charge in [-0.3, -0.25) is 9.88 Å². The lowest BCUT2D eigenvalue weighted by Gasteiger charge is -2.32. The van der Waals surface area contributed by atoms with Crippen LogP contribution < -0.4 is 5.32 Å². The Morgan fingerprint density at radius 3 is 2.81 bits per heavy atom. The normalized spacial score (nSPS) is 17.8. The lowest BCUT2D eigenvalue weighted by molar-refractivity contribution is 0.198. The van der Waals surface area contributed by atoms with Crippen molar-refractivity contribution in [2.75, 3.05) is 18.4 Å². The first-order valence-corrected chi connectivity index (χ1v) is 8.99. The highest BCUT2D eigenvalue weighted by Gasteiger charge is 2.22. The molecule has 0 amide bonds. The van der Waals surface area contributed by atoms with Crippen molar-refractivity contribution >= 4 is 11.8 Å². The van der Waals surface area contributed by atoms with Crippen molar-refractivity contribution in [3.8, 4) is 0 Å². The largest absolute Gasteiger partial charge is 0.307 e. The predicted molar refractivity (Wildman–Crippen MR) is 101 cm³/mol. The van der Waals surface area contributed by atoms with Gasteiger partial charge < -0.3 is 5.32 Å². The number of nitrogens with zero attached hydrogens (tertiary/aromatic N) is 5. The fourth-order valence-corrected chi connectivity index (χ4v) is 3.42. The maximum atomic E-state index is 4.72. The predicted octanol–water partition coefficient (Wildman–Crippen LogP) is 3.39. The topological polar surface area (TPSA) is 66.8 Å². The second kappa shape index (κ2) is 8.01. The smallest absolute Gasteiger partial charge is 0.228 e. The van der Waals surface area contributed by atoms with Crippen molar-refractivity contribution in [3.05, 3.63) is 72.4 Å². The first kappa shape index (κ1) is 16.6. The molecule has 1 aromatic carbocycles. The van der Waals surface area contributed by atoms with Gasteiger partial charge in [0.05, 0.1) is 11.9 Å². The van der Waals surface area contributed by atoms with Crippen LogP contribution >= 0.6 is 0 Å². The molecule has 1 atom stereocenters. The molecule has 26 heavy (non-hydrogen) atoms. The fourth-order valence-electron chi connectivity index (χ4n) is 3.42. The highest BCUT2D eigenvalue weighted by atomic mass is 15.2. The molecule has 0 bridgehead atoms. The van der Waals surface area contributed by atoms with Crippen molar-refractivity contribution < 1.29 is 0 Å². The summed E-state index contributed by atoms with van der Waals surface area (Å²) in [5, 5.41) is 3.12. The van der Waals surface area contributed by atoms with E-state index in [0.29, 0.717) is 17.7 Å². The third kappa shape index (κ3) is 4.21. The fraction of sp³-hybridized carbons (Fsp3) is 0.300. The number of benzene rings is 1. The highest BCUT2D eigenvalue weighted by molar-refractivity contribution is 5.45. The number of hydrogen-bond acceptors (Lipinski definition) is 6. The van der Waals surface area contributed by atoms with Crippen LogP contribution in [0.1, 0.15) is 30.0 Å². The molecule has 1 saturated heterocycles. The van der Waals surface area contributed by atoms with E-state index in [1.807, 2.05) is 12.3 Å². The van der Waals surface area contributed by atoms with Gasteiger partial charge in [-0.15, -0.1) is 0 Å². The molecule has 1 unspecified atom stereocenters. The molecular weight excluding hydrogens is 324 g/mol. The van der Waals surface area contributed by atoms with E-state index in [9.17, 15) is 0 Å². The van der Waals surface area contributed by atoms with Gasteiger partial charge in [0.15, 0.2) is 5.82 Å². The number of hydrogen-bond donors (Lipinski definition) is 1. The van der Waals surface area contributed by atoms with E-state index in [1.165, 1.54) is 12.0 Å². The van der Waals surface area contributed by atoms with E-state index in [-0.39, 0.29) is 0 Å². The van der Waals surface area contributed by atoms with Crippen LogP contribution in [0.4, 0.5) is 11.8 Å². The van der Waals surface area contributed by atoms with Gasteiger partial charge in [0, 0.05) is 37.6 Å². The molecular formula is C20H22N6. The standard InChI is InChI=1S/C20H22N6/c1-2-5-16(6-3-1)14-26-12-4-7-17(15-26)18-8-9-23-20(24-18)25-19-13-21-10-11-22-19/h1-3,5-6,8-11,13,17H,4,7,12,14-15H2,(H,22,23,24,25). The van der Waals surface area contributed by atoms with Gasteiger partial charge in [0.1, 0.15) is 0 Å². The summed E-state index contributed by atoms with van der Waals surface area (Å²) in [5.41, 5.74) is 2.45. The molecule has 132 valence electrons. The summed E-state index contributed by atoms with van der Waals surface area (Å²) in [4.78, 5) is 19.8. The molecule has 3 aromatic rings. The number of likely N-dealkylation sites (tertiary alicyclic amines) is 1. The van der Waals surface area contributed by atoms with Crippen LogP contribution in [0.3, 0.4) is 0 Å². The second-order valence-electron chi connectivity index (χ2n) is 6.58. The van der Waals surface area contributed by atoms with Crippen molar-refractivity contribution in [1.82, 2.24) is 24.8 Å². The van der Waals surface area contributed by atoms with E-state index in [0.717, 1.165) is 31.7 Å². The van der Waals surface area contributed by atoms with E-state index < -0.39 is 0 Å². The minimum atomic E-state index is 0.429. The van der Waals surface area contributed by atoms with Crippen molar-refractivity contribution in [2.45, 2.75) is 25.3 Å². The van der Waals surface area contributed by atoms with Gasteiger partial charge in [-0.1, -0.05) is 30.3 Å². The Bertz CT molecular complexity index is 824. The SMILES string of the molecule is c1ccc(CN2CCCC(c3ccnc(Nc4cnccn4)n3)C2)cc1. The molecule has 1 aliphatic rings. The molecule has 6 nitrogen and oxygen atoms in total. The lowest BCUT2D eigenvalue weighted by atomic mass is 9.94. The summed E-state index contributed by atoms with van der Waals surface area (Å²) in [5.74, 6) is 1.65. The van der Waals surface area contributed by atoms with Gasteiger partial charge in [-0.25, -0.2) is 15.0 Å². The zero-order chi connectivity index (χ0) is 17.6. The molecule has 1 fully saturated rings. The molecule has 4 rings (SSSR count). The molecule has 0 aliphatic carbocycles. The van der Waals surface area contributed by atoms with E-state index in [1.54, 1.807) is 18.6 Å². The summed E-state index contributed by atoms with van der Waals surface area (Å²) >= 11 is 0. The van der Waals surface area contributed by atoms with E-state index >= 15 is 0 Å². The minimum absolute atomic E-state index is 0.429. The Morgan fingerprint density at radius 1 is 1.04 bits per heavy atom. The third-order valence-electron chi connectivity index (χ3n) is 4.65. The molecule has 1 N–H and O–H groups in total. The molecule has 2 aromatic heterocycles. The average molecular weight is 346 g/mol. The van der Waals surface area contributed by atoms with Crippen molar-refractivity contribution in [3.63, 3.8) is 0 Å². The van der Waals surface area contributed by atoms with Crippen LogP contribution in [0.25, 0.3) is 0 Å². The molecule has 0 saturated carbocycles. The average Bonchev–Trinajstić information content (AvgIpc) is 2.70. The number of anilines is 2. The number of piperidine rings is 1. The van der Waals surface area contributed by atoms with E-state index in [4.69, 9.17) is 4.98 Å². The summed E-state index contributed by atoms with van der Waals surface area (Å²) in [7, 11) is 0. The van der Waals surface area contributed by atoms with Crippen molar-refractivity contribution in [1.29, 1.82) is 0 Å². The Hall–Kier alpha value is -2.86. The van der Waals surface area contributed by atoms with Crippen LogP contribution in [0.2, 0.25) is 0 Å². The third-order valence-corrected chi connectivity index (χ3v) is 4.65. The molecule has 0 spiro atoms. The summed E-state index contributed by atoms with van der Waals surface area (Å²) in [6.45, 7) is 3.16. The Morgan fingerprint density at radius 2 is 1.96 bits per heavy atom. The minimum Gasteiger partial charge on any atom is -0.307 e. The van der Waals surface area contributed by atoms with Crippen LogP contribution in [0.5, 0.6) is 0 Å². The zero-order valence-corrected chi connectivity index (χ0v) is 14.6. The van der Waals surface area contributed by atoms with Crippen LogP contribution in [-0.2, 0) is 6.54 Å². The molecule has 0 radical (unpaired) electrons. The maximum Gasteiger partial charge on any atom is 0.228 e. The Labute approximate surface area is 153 Å². The maximum absolute atomic E-state index is 4.72. The highest BCUT2D eigenvalue weighted by Crippen LogP contribution is 2.27. The Balaban J connectivity index is 1.44. The summed E-state index contributed by atoms with van der Waals surface area (Å²) in [6, 6.07) is 12.7. The lowest BCUT2D eigenvalue weighted by Crippen LogP contribution is -2.34. The first-order chi connectivity index (χ1) is 12.9. The second-order valence-corrected chi connectivity index (χ2v) is 6.58. The quantitative estimate of drug-likeness (QED) is 0.764. The van der Waals surface area contributed by atoms with E-state index in [2.05, 4.69) is 55.5 Å². The Kier molecular flexibility index (Phi) is 5.12. The monoisotopic (exact) mass is 346 g/mol. The molecule has 3 heterocycles. The molecule has 1 aliphatic heterocycles. The zero-order valence-electron chi connectivity index (χ0n) is 14.6. The van der Waals surface area contributed by atoms with Crippen LogP contribution in [0, 0.1) is 0 Å². The van der Waals surface area contributed by atoms with Gasteiger partial charge in [-0.2, -0.15) is 0 Å². The van der Waals surface area contributed by atoms with Crippen LogP contribution in [-0.4, -0.2) is 37.9 Å². The summed E-state index contributed by atoms with van der Waals surface area (Å²) < 4.78 is 0.